The Morgan fingerprint density at radius 2 is 1.62 bits per heavy atom. The minimum absolute atomic E-state index is 0.0584. The normalized spacial score (nSPS) is 19.2. The fourth-order valence-corrected chi connectivity index (χ4v) is 4.15. The van der Waals surface area contributed by atoms with Gasteiger partial charge >= 0.3 is 0 Å². The maximum atomic E-state index is 12.6. The van der Waals surface area contributed by atoms with E-state index in [9.17, 15) is 9.59 Å². The molecule has 1 aromatic carbocycles. The largest absolute Gasteiger partial charge is 0.274 e. The van der Waals surface area contributed by atoms with Crippen LogP contribution in [0.3, 0.4) is 0 Å². The smallest absolute Gasteiger partial charge is 0.247 e. The van der Waals surface area contributed by atoms with Crippen LogP contribution < -0.4 is 4.90 Å². The number of imide groups is 1. The summed E-state index contributed by atoms with van der Waals surface area (Å²) in [5, 5.41) is -0.234. The Labute approximate surface area is 150 Å². The summed E-state index contributed by atoms with van der Waals surface area (Å²) in [7, 11) is 0. The quantitative estimate of drug-likeness (QED) is 0.735. The first kappa shape index (κ1) is 19.0. The molecule has 1 fully saturated rings. The zero-order chi connectivity index (χ0) is 18.1. The molecule has 24 heavy (non-hydrogen) atoms. The van der Waals surface area contributed by atoms with Crippen LogP contribution in [0.25, 0.3) is 0 Å². The van der Waals surface area contributed by atoms with Gasteiger partial charge in [-0.15, -0.1) is 11.8 Å². The van der Waals surface area contributed by atoms with E-state index in [1.54, 1.807) is 11.8 Å². The summed E-state index contributed by atoms with van der Waals surface area (Å²) in [5.41, 5.74) is 2.20. The number of hydrogen-bond acceptors (Lipinski definition) is 3. The van der Waals surface area contributed by atoms with Crippen LogP contribution in [0.4, 0.5) is 5.69 Å². The van der Waals surface area contributed by atoms with Crippen molar-refractivity contribution < 1.29 is 9.59 Å². The molecule has 1 saturated heterocycles. The number of hydrogen-bond donors (Lipinski definition) is 0. The van der Waals surface area contributed by atoms with Gasteiger partial charge in [0.25, 0.3) is 0 Å². The molecule has 0 saturated carbocycles. The van der Waals surface area contributed by atoms with Crippen molar-refractivity contribution in [2.75, 3.05) is 10.7 Å². The highest BCUT2D eigenvalue weighted by Gasteiger charge is 2.39. The maximum absolute atomic E-state index is 12.6. The Kier molecular flexibility index (Phi) is 5.48. The third-order valence-electron chi connectivity index (χ3n) is 4.27. The van der Waals surface area contributed by atoms with Crippen molar-refractivity contribution in [3.8, 4) is 0 Å². The van der Waals surface area contributed by atoms with Crippen LogP contribution in [0.15, 0.2) is 24.3 Å². The summed E-state index contributed by atoms with van der Waals surface area (Å²) >= 11 is 1.62. The maximum Gasteiger partial charge on any atom is 0.247 e. The van der Waals surface area contributed by atoms with Gasteiger partial charge in [-0.25, -0.2) is 4.90 Å². The molecule has 1 aliphatic rings. The van der Waals surface area contributed by atoms with Crippen molar-refractivity contribution >= 4 is 29.3 Å². The van der Waals surface area contributed by atoms with Crippen molar-refractivity contribution in [3.05, 3.63) is 29.8 Å². The molecule has 0 aliphatic carbocycles. The van der Waals surface area contributed by atoms with E-state index in [4.69, 9.17) is 0 Å². The summed E-state index contributed by atoms with van der Waals surface area (Å²) in [6.45, 7) is 13.0. The number of rotatable bonds is 4. The molecular weight excluding hydrogens is 318 g/mol. The molecule has 0 aromatic heterocycles. The van der Waals surface area contributed by atoms with Gasteiger partial charge in [-0.05, 0) is 40.7 Å². The second-order valence-corrected chi connectivity index (χ2v) is 10.0. The van der Waals surface area contributed by atoms with Gasteiger partial charge in [0, 0.05) is 6.42 Å². The van der Waals surface area contributed by atoms with Crippen LogP contribution in [0.2, 0.25) is 0 Å². The predicted molar refractivity (Wildman–Crippen MR) is 103 cm³/mol. The third kappa shape index (κ3) is 4.62. The monoisotopic (exact) mass is 347 g/mol. The molecule has 1 atom stereocenters. The first-order valence-corrected chi connectivity index (χ1v) is 9.63. The number of thioether (sulfide) groups is 1. The first-order valence-electron chi connectivity index (χ1n) is 8.58. The lowest BCUT2D eigenvalue weighted by molar-refractivity contribution is -0.121. The van der Waals surface area contributed by atoms with Crippen molar-refractivity contribution in [1.82, 2.24) is 0 Å². The Morgan fingerprint density at radius 1 is 1.04 bits per heavy atom. The number of nitrogens with zero attached hydrogens (tertiary/aromatic N) is 1. The standard InChI is InChI=1S/C20H29NO2S/c1-19(2,3)11-12-24-16-13-17(22)21(18(16)23)15-9-7-14(8-10-15)20(4,5)6/h7-10,16H,11-13H2,1-6H3. The van der Waals surface area contributed by atoms with Gasteiger partial charge in [-0.3, -0.25) is 9.59 Å². The minimum atomic E-state index is -0.234. The number of carbonyl (C=O) groups is 2. The molecule has 1 heterocycles. The van der Waals surface area contributed by atoms with Crippen LogP contribution >= 0.6 is 11.8 Å². The van der Waals surface area contributed by atoms with Crippen LogP contribution in [0.5, 0.6) is 0 Å². The van der Waals surface area contributed by atoms with E-state index in [1.807, 2.05) is 24.3 Å². The summed E-state index contributed by atoms with van der Waals surface area (Å²) in [6.07, 6.45) is 1.35. The predicted octanol–water partition coefficient (Wildman–Crippen LogP) is 4.79. The zero-order valence-corrected chi connectivity index (χ0v) is 16.5. The van der Waals surface area contributed by atoms with Crippen LogP contribution in [0.1, 0.15) is 59.9 Å². The molecule has 1 aliphatic heterocycles. The van der Waals surface area contributed by atoms with E-state index in [-0.39, 0.29) is 27.9 Å². The van der Waals surface area contributed by atoms with E-state index < -0.39 is 0 Å². The molecule has 4 heteroatoms. The highest BCUT2D eigenvalue weighted by molar-refractivity contribution is 8.00. The third-order valence-corrected chi connectivity index (χ3v) is 5.48. The van der Waals surface area contributed by atoms with Gasteiger partial charge < -0.3 is 0 Å². The molecule has 0 bridgehead atoms. The lowest BCUT2D eigenvalue weighted by Crippen LogP contribution is -2.31. The van der Waals surface area contributed by atoms with Crippen LogP contribution in [-0.2, 0) is 15.0 Å². The van der Waals surface area contributed by atoms with Gasteiger partial charge in [0.05, 0.1) is 10.9 Å². The van der Waals surface area contributed by atoms with Crippen molar-refractivity contribution in [1.29, 1.82) is 0 Å². The second-order valence-electron chi connectivity index (χ2n) is 8.74. The second kappa shape index (κ2) is 6.91. The minimum Gasteiger partial charge on any atom is -0.274 e. The topological polar surface area (TPSA) is 37.4 Å². The van der Waals surface area contributed by atoms with E-state index in [0.717, 1.165) is 12.2 Å². The molecule has 1 unspecified atom stereocenters. The molecule has 2 rings (SSSR count). The van der Waals surface area contributed by atoms with Crippen molar-refractivity contribution in [3.63, 3.8) is 0 Å². The molecule has 2 amide bonds. The zero-order valence-electron chi connectivity index (χ0n) is 15.7. The summed E-state index contributed by atoms with van der Waals surface area (Å²) in [6, 6.07) is 7.79. The fraction of sp³-hybridized carbons (Fsp3) is 0.600. The van der Waals surface area contributed by atoms with E-state index in [1.165, 1.54) is 10.5 Å². The molecule has 3 nitrogen and oxygen atoms in total. The van der Waals surface area contributed by atoms with E-state index in [2.05, 4.69) is 41.5 Å². The SMILES string of the molecule is CC(C)(C)CCSC1CC(=O)N(c2ccc(C(C)(C)C)cc2)C1=O. The van der Waals surface area contributed by atoms with Gasteiger partial charge in [0.2, 0.25) is 11.8 Å². The summed E-state index contributed by atoms with van der Waals surface area (Å²) < 4.78 is 0. The average Bonchev–Trinajstić information content (AvgIpc) is 2.71. The molecule has 0 radical (unpaired) electrons. The lowest BCUT2D eigenvalue weighted by Gasteiger charge is -2.21. The average molecular weight is 348 g/mol. The summed E-state index contributed by atoms with van der Waals surface area (Å²) in [4.78, 5) is 26.3. The first-order chi connectivity index (χ1) is 11.0. The highest BCUT2D eigenvalue weighted by Crippen LogP contribution is 2.33. The number of benzene rings is 1. The highest BCUT2D eigenvalue weighted by atomic mass is 32.2. The molecule has 0 N–H and O–H groups in total. The molecule has 1 aromatic rings. The van der Waals surface area contributed by atoms with Gasteiger partial charge in [0.1, 0.15) is 0 Å². The Bertz CT molecular complexity index is 608. The van der Waals surface area contributed by atoms with Crippen molar-refractivity contribution in [2.45, 2.75) is 65.0 Å². The molecule has 132 valence electrons. The lowest BCUT2D eigenvalue weighted by atomic mass is 9.87. The molecular formula is C20H29NO2S. The van der Waals surface area contributed by atoms with Gasteiger partial charge in [-0.2, -0.15) is 0 Å². The summed E-state index contributed by atoms with van der Waals surface area (Å²) in [5.74, 6) is 0.753. The number of anilines is 1. The van der Waals surface area contributed by atoms with Gasteiger partial charge in [-0.1, -0.05) is 53.7 Å². The van der Waals surface area contributed by atoms with Crippen LogP contribution in [0, 0.1) is 5.41 Å². The van der Waals surface area contributed by atoms with E-state index >= 15 is 0 Å². The number of amides is 2. The van der Waals surface area contributed by atoms with Crippen LogP contribution in [-0.4, -0.2) is 22.8 Å². The van der Waals surface area contributed by atoms with E-state index in [0.29, 0.717) is 12.1 Å². The Morgan fingerprint density at radius 3 is 2.12 bits per heavy atom. The Balaban J connectivity index is 2.06. The van der Waals surface area contributed by atoms with Gasteiger partial charge in [0.15, 0.2) is 0 Å². The molecule has 0 spiro atoms. The fourth-order valence-electron chi connectivity index (χ4n) is 2.62. The Hall–Kier alpha value is -1.29. The van der Waals surface area contributed by atoms with Crippen molar-refractivity contribution in [2.24, 2.45) is 5.41 Å². The number of carbonyl (C=O) groups excluding carboxylic acids is 2.